The molecule has 1 N–H and O–H groups in total. The summed E-state index contributed by atoms with van der Waals surface area (Å²) in [7, 11) is -3.18. The van der Waals surface area contributed by atoms with Crippen LogP contribution in [0, 0.1) is 0 Å². The Balaban J connectivity index is 1.79. The standard InChI is InChI=1S/C12H20F3N3O3S/c1-22(20,21)10-3-5-18(7-10)11(19)16-9-2-4-17(6-9)8-12(13,14)15/h9-10H,2-8H2,1H3,(H,16,19)/t9-,10+/m1/s1. The topological polar surface area (TPSA) is 69.7 Å². The summed E-state index contributed by atoms with van der Waals surface area (Å²) >= 11 is 0. The molecule has 0 unspecified atom stereocenters. The molecule has 0 radical (unpaired) electrons. The molecule has 6 nitrogen and oxygen atoms in total. The van der Waals surface area contributed by atoms with Crippen LogP contribution in [0.5, 0.6) is 0 Å². The van der Waals surface area contributed by atoms with E-state index in [0.717, 1.165) is 6.26 Å². The third-order valence-corrected chi connectivity index (χ3v) is 5.64. The summed E-state index contributed by atoms with van der Waals surface area (Å²) in [6, 6.07) is -0.725. The average Bonchev–Trinajstić information content (AvgIpc) is 2.95. The first kappa shape index (κ1) is 17.3. The Hall–Kier alpha value is -1.03. The molecule has 128 valence electrons. The summed E-state index contributed by atoms with van der Waals surface area (Å²) in [5.41, 5.74) is 0. The highest BCUT2D eigenvalue weighted by Gasteiger charge is 2.36. The van der Waals surface area contributed by atoms with Gasteiger partial charge in [0.2, 0.25) is 0 Å². The van der Waals surface area contributed by atoms with Crippen molar-refractivity contribution in [2.45, 2.75) is 30.3 Å². The Morgan fingerprint density at radius 2 is 1.91 bits per heavy atom. The highest BCUT2D eigenvalue weighted by Crippen LogP contribution is 2.21. The van der Waals surface area contributed by atoms with Gasteiger partial charge in [-0.2, -0.15) is 13.2 Å². The maximum absolute atomic E-state index is 12.3. The van der Waals surface area contributed by atoms with Gasteiger partial charge in [0.05, 0.1) is 11.8 Å². The van der Waals surface area contributed by atoms with E-state index < -0.39 is 33.8 Å². The van der Waals surface area contributed by atoms with Crippen LogP contribution < -0.4 is 5.32 Å². The summed E-state index contributed by atoms with van der Waals surface area (Å²) in [6.07, 6.45) is -2.23. The van der Waals surface area contributed by atoms with Crippen LogP contribution in [0.1, 0.15) is 12.8 Å². The molecule has 10 heteroatoms. The van der Waals surface area contributed by atoms with E-state index in [4.69, 9.17) is 0 Å². The molecular weight excluding hydrogens is 323 g/mol. The second-order valence-electron chi connectivity index (χ2n) is 5.97. The number of halogens is 3. The number of rotatable bonds is 3. The lowest BCUT2D eigenvalue weighted by molar-refractivity contribution is -0.143. The van der Waals surface area contributed by atoms with Crippen LogP contribution in [0.25, 0.3) is 0 Å². The zero-order chi connectivity index (χ0) is 16.5. The van der Waals surface area contributed by atoms with E-state index in [1.165, 1.54) is 9.80 Å². The highest BCUT2D eigenvalue weighted by atomic mass is 32.2. The zero-order valence-corrected chi connectivity index (χ0v) is 13.1. The summed E-state index contributed by atoms with van der Waals surface area (Å²) in [6.45, 7) is -0.0313. The number of nitrogens with zero attached hydrogens (tertiary/aromatic N) is 2. The van der Waals surface area contributed by atoms with Gasteiger partial charge in [0.25, 0.3) is 0 Å². The van der Waals surface area contributed by atoms with E-state index in [0.29, 0.717) is 19.4 Å². The Morgan fingerprint density at radius 3 is 2.45 bits per heavy atom. The number of amides is 2. The molecule has 2 amide bonds. The van der Waals surface area contributed by atoms with Crippen LogP contribution in [-0.4, -0.2) is 80.7 Å². The van der Waals surface area contributed by atoms with Gasteiger partial charge in [0.15, 0.2) is 9.84 Å². The minimum atomic E-state index is -4.24. The van der Waals surface area contributed by atoms with Gasteiger partial charge in [0, 0.05) is 38.5 Å². The summed E-state index contributed by atoms with van der Waals surface area (Å²) in [5, 5.41) is 2.14. The SMILES string of the molecule is CS(=O)(=O)[C@H]1CCN(C(=O)N[C@@H]2CCN(CC(F)(F)F)C2)C1. The summed E-state index contributed by atoms with van der Waals surface area (Å²) in [4.78, 5) is 14.7. The molecule has 0 saturated carbocycles. The van der Waals surface area contributed by atoms with Gasteiger partial charge in [-0.1, -0.05) is 0 Å². The Bertz CT molecular complexity index is 523. The Kier molecular flexibility index (Phi) is 4.90. The van der Waals surface area contributed by atoms with Crippen LogP contribution >= 0.6 is 0 Å². The molecule has 0 aromatic carbocycles. The molecule has 22 heavy (non-hydrogen) atoms. The van der Waals surface area contributed by atoms with Crippen molar-refractivity contribution in [1.29, 1.82) is 0 Å². The first-order valence-corrected chi connectivity index (χ1v) is 9.03. The first-order valence-electron chi connectivity index (χ1n) is 7.08. The number of sulfone groups is 1. The van der Waals surface area contributed by atoms with E-state index in [1.807, 2.05) is 0 Å². The lowest BCUT2D eigenvalue weighted by atomic mass is 10.3. The predicted molar refractivity (Wildman–Crippen MR) is 74.3 cm³/mol. The normalized spacial score (nSPS) is 27.4. The largest absolute Gasteiger partial charge is 0.401 e. The first-order chi connectivity index (χ1) is 10.0. The van der Waals surface area contributed by atoms with E-state index in [1.54, 1.807) is 0 Å². The third kappa shape index (κ3) is 4.73. The average molecular weight is 343 g/mol. The maximum atomic E-state index is 12.3. The maximum Gasteiger partial charge on any atom is 0.401 e. The molecule has 2 heterocycles. The van der Waals surface area contributed by atoms with Gasteiger partial charge >= 0.3 is 12.2 Å². The highest BCUT2D eigenvalue weighted by molar-refractivity contribution is 7.91. The molecule has 2 atom stereocenters. The third-order valence-electron chi connectivity index (χ3n) is 4.04. The van der Waals surface area contributed by atoms with Crippen LogP contribution in [0.3, 0.4) is 0 Å². The quantitative estimate of drug-likeness (QED) is 0.808. The van der Waals surface area contributed by atoms with Crippen molar-refractivity contribution in [3.05, 3.63) is 0 Å². The van der Waals surface area contributed by atoms with Gasteiger partial charge in [-0.3, -0.25) is 4.90 Å². The molecule has 0 aromatic heterocycles. The van der Waals surface area contributed by atoms with Crippen molar-refractivity contribution >= 4 is 15.9 Å². The Labute approximate surface area is 127 Å². The number of urea groups is 1. The number of hydrogen-bond acceptors (Lipinski definition) is 4. The molecular formula is C12H20F3N3O3S. The molecule has 0 bridgehead atoms. The second-order valence-corrected chi connectivity index (χ2v) is 8.30. The van der Waals surface area contributed by atoms with Crippen molar-refractivity contribution in [2.75, 3.05) is 39.0 Å². The van der Waals surface area contributed by atoms with Gasteiger partial charge < -0.3 is 10.2 Å². The summed E-state index contributed by atoms with van der Waals surface area (Å²) < 4.78 is 59.8. The van der Waals surface area contributed by atoms with Crippen molar-refractivity contribution in [3.63, 3.8) is 0 Å². The lowest BCUT2D eigenvalue weighted by Crippen LogP contribution is -2.46. The number of nitrogens with one attached hydrogen (secondary N) is 1. The minimum absolute atomic E-state index is 0.143. The van der Waals surface area contributed by atoms with E-state index in [2.05, 4.69) is 5.32 Å². The smallest absolute Gasteiger partial charge is 0.334 e. The predicted octanol–water partition coefficient (Wildman–Crippen LogP) is 0.452. The van der Waals surface area contributed by atoms with E-state index >= 15 is 0 Å². The van der Waals surface area contributed by atoms with Gasteiger partial charge in [0.1, 0.15) is 0 Å². The lowest BCUT2D eigenvalue weighted by Gasteiger charge is -2.21. The van der Waals surface area contributed by atoms with Gasteiger partial charge in [-0.25, -0.2) is 13.2 Å². The van der Waals surface area contributed by atoms with Crippen molar-refractivity contribution in [2.24, 2.45) is 0 Å². The molecule has 2 rings (SSSR count). The fourth-order valence-electron chi connectivity index (χ4n) is 2.88. The number of likely N-dealkylation sites (tertiary alicyclic amines) is 2. The van der Waals surface area contributed by atoms with Crippen LogP contribution in [0.15, 0.2) is 0 Å². The number of carbonyl (C=O) groups excluding carboxylic acids is 1. The molecule has 2 fully saturated rings. The van der Waals surface area contributed by atoms with Crippen molar-refractivity contribution in [1.82, 2.24) is 15.1 Å². The van der Waals surface area contributed by atoms with E-state index in [9.17, 15) is 26.4 Å². The Morgan fingerprint density at radius 1 is 1.23 bits per heavy atom. The number of hydrogen-bond donors (Lipinski definition) is 1. The van der Waals surface area contributed by atoms with Crippen LogP contribution in [0.2, 0.25) is 0 Å². The van der Waals surface area contributed by atoms with E-state index in [-0.39, 0.29) is 25.7 Å². The number of carbonyl (C=O) groups is 1. The van der Waals surface area contributed by atoms with Gasteiger partial charge in [-0.05, 0) is 12.8 Å². The molecule has 2 saturated heterocycles. The van der Waals surface area contributed by atoms with Crippen molar-refractivity contribution in [3.8, 4) is 0 Å². The fraction of sp³-hybridized carbons (Fsp3) is 0.917. The second kappa shape index (κ2) is 6.23. The molecule has 2 aliphatic rings. The molecule has 0 aliphatic carbocycles. The van der Waals surface area contributed by atoms with Crippen LogP contribution in [-0.2, 0) is 9.84 Å². The van der Waals surface area contributed by atoms with Gasteiger partial charge in [-0.15, -0.1) is 0 Å². The molecule has 0 spiro atoms. The number of alkyl halides is 3. The van der Waals surface area contributed by atoms with Crippen molar-refractivity contribution < 1.29 is 26.4 Å². The zero-order valence-electron chi connectivity index (χ0n) is 12.3. The van der Waals surface area contributed by atoms with Crippen LogP contribution in [0.4, 0.5) is 18.0 Å². The molecule has 0 aromatic rings. The minimum Gasteiger partial charge on any atom is -0.334 e. The fourth-order valence-corrected chi connectivity index (χ4v) is 3.86. The summed E-state index contributed by atoms with van der Waals surface area (Å²) in [5.74, 6) is 0. The molecule has 2 aliphatic heterocycles. The monoisotopic (exact) mass is 343 g/mol.